The van der Waals surface area contributed by atoms with Gasteiger partial charge < -0.3 is 9.47 Å². The highest BCUT2D eigenvalue weighted by Crippen LogP contribution is 2.43. The average Bonchev–Trinajstić information content (AvgIpc) is 3.70. The second-order valence-corrected chi connectivity index (χ2v) is 16.9. The zero-order chi connectivity index (χ0) is 43.9. The lowest BCUT2D eigenvalue weighted by atomic mass is 9.98. The fourth-order valence-corrected chi connectivity index (χ4v) is 9.50. The number of pyridine rings is 2. The van der Waals surface area contributed by atoms with E-state index in [1.807, 2.05) is 12.4 Å². The molecule has 0 unspecified atom stereocenters. The van der Waals surface area contributed by atoms with Crippen LogP contribution in [0.25, 0.3) is 83.4 Å². The van der Waals surface area contributed by atoms with Gasteiger partial charge in [0.25, 0.3) is 0 Å². The Morgan fingerprint density at radius 1 is 0.369 bits per heavy atom. The topological polar surface area (TPSA) is 34.0 Å². The van der Waals surface area contributed by atoms with E-state index in [2.05, 4.69) is 243 Å². The van der Waals surface area contributed by atoms with Crippen LogP contribution in [-0.2, 0) is 0 Å². The number of para-hydroxylation sites is 2. The summed E-state index contributed by atoms with van der Waals surface area (Å²) in [6.07, 6.45) is 3.91. The molecule has 4 nitrogen and oxygen atoms in total. The van der Waals surface area contributed by atoms with E-state index in [1.165, 1.54) is 44.1 Å². The van der Waals surface area contributed by atoms with Crippen LogP contribution in [0.1, 0.15) is 16.7 Å². The quantitative estimate of drug-likeness (QED) is 0.145. The van der Waals surface area contributed by atoms with Crippen LogP contribution < -0.4 is 4.90 Å². The molecule has 65 heavy (non-hydrogen) atoms. The molecule has 0 fully saturated rings. The fraction of sp³-hybridized carbons (Fsp3) is 0.0492. The Kier molecular flexibility index (Phi) is 10.2. The Morgan fingerprint density at radius 2 is 0.862 bits per heavy atom. The molecule has 0 aliphatic carbocycles. The average molecular weight is 835 g/mol. The van der Waals surface area contributed by atoms with Crippen LogP contribution in [0.4, 0.5) is 17.1 Å². The lowest BCUT2D eigenvalue weighted by Crippen LogP contribution is -2.14. The number of hydrogen-bond donors (Lipinski definition) is 0. The molecule has 0 aliphatic heterocycles. The zero-order valence-corrected chi connectivity index (χ0v) is 36.7. The first-order valence-electron chi connectivity index (χ1n) is 22.2. The summed E-state index contributed by atoms with van der Waals surface area (Å²) >= 11 is 0. The molecule has 11 rings (SSSR count). The minimum Gasteiger partial charge on any atom is -0.310 e. The van der Waals surface area contributed by atoms with Gasteiger partial charge in [-0.25, -0.2) is 0 Å². The van der Waals surface area contributed by atoms with E-state index < -0.39 is 0 Å². The van der Waals surface area contributed by atoms with Crippen molar-refractivity contribution in [2.24, 2.45) is 0 Å². The second kappa shape index (κ2) is 16.7. The van der Waals surface area contributed by atoms with E-state index >= 15 is 0 Å². The Morgan fingerprint density at radius 3 is 1.46 bits per heavy atom. The lowest BCUT2D eigenvalue weighted by molar-refractivity contribution is 1.14. The molecule has 0 radical (unpaired) electrons. The van der Waals surface area contributed by atoms with E-state index in [0.29, 0.717) is 0 Å². The third-order valence-electron chi connectivity index (χ3n) is 12.6. The molecule has 3 heterocycles. The highest BCUT2D eigenvalue weighted by atomic mass is 15.1. The van der Waals surface area contributed by atoms with Gasteiger partial charge in [0.2, 0.25) is 0 Å². The van der Waals surface area contributed by atoms with Crippen molar-refractivity contribution in [3.8, 4) is 61.6 Å². The fourth-order valence-electron chi connectivity index (χ4n) is 9.50. The second-order valence-electron chi connectivity index (χ2n) is 16.9. The molecule has 3 aromatic heterocycles. The SMILES string of the molecule is Cc1cnc(-c2cccc(N(c3cccc(-c4cc(-c5ccc(-c6ccccc6)cc5)ccn4)c3)c3c(C)cc(-n4c5ccccc5c5ccccc54)cc3C)c2)cc1-c1ccccc1. The summed E-state index contributed by atoms with van der Waals surface area (Å²) in [5, 5.41) is 2.50. The largest absolute Gasteiger partial charge is 0.310 e. The Balaban J connectivity index is 1.04. The molecule has 11 aromatic rings. The summed E-state index contributed by atoms with van der Waals surface area (Å²) < 4.78 is 2.40. The van der Waals surface area contributed by atoms with E-state index in [9.17, 15) is 0 Å². The number of nitrogens with zero attached hydrogens (tertiary/aromatic N) is 4. The Hall–Kier alpha value is -8.34. The van der Waals surface area contributed by atoms with Gasteiger partial charge in [0.15, 0.2) is 0 Å². The molecule has 0 amide bonds. The molecule has 4 heteroatoms. The molecule has 0 bridgehead atoms. The van der Waals surface area contributed by atoms with Crippen molar-refractivity contribution in [3.63, 3.8) is 0 Å². The Bertz CT molecular complexity index is 3440. The lowest BCUT2D eigenvalue weighted by Gasteiger charge is -2.30. The number of benzene rings is 8. The molecule has 0 spiro atoms. The standard InChI is InChI=1S/C61H46N4/c1-41-34-53(65-59-26-12-10-24-54(59)55-25-11-13-27-60(55)65)35-42(2)61(41)64(52-23-15-21-50(37-52)58-39-56(43(3)40-63-58)47-18-8-5-9-19-47)51-22-14-20-49(36-51)57-38-48(32-33-62-57)46-30-28-45(29-31-46)44-16-6-4-7-17-44/h4-40H,1-3H3. The van der Waals surface area contributed by atoms with Crippen LogP contribution in [0.5, 0.6) is 0 Å². The van der Waals surface area contributed by atoms with Gasteiger partial charge in [-0.3, -0.25) is 9.97 Å². The van der Waals surface area contributed by atoms with Gasteiger partial charge in [-0.2, -0.15) is 0 Å². The van der Waals surface area contributed by atoms with E-state index in [-0.39, 0.29) is 0 Å². The number of hydrogen-bond acceptors (Lipinski definition) is 3. The summed E-state index contributed by atoms with van der Waals surface area (Å²) in [6.45, 7) is 6.61. The summed E-state index contributed by atoms with van der Waals surface area (Å²) in [5.41, 5.74) is 21.2. The number of anilines is 3. The first-order valence-corrected chi connectivity index (χ1v) is 22.2. The molecular weight excluding hydrogens is 789 g/mol. The van der Waals surface area contributed by atoms with Crippen molar-refractivity contribution in [1.29, 1.82) is 0 Å². The van der Waals surface area contributed by atoms with Gasteiger partial charge in [0.1, 0.15) is 0 Å². The summed E-state index contributed by atoms with van der Waals surface area (Å²) in [6, 6.07) is 76.1. The molecule has 0 saturated carbocycles. The van der Waals surface area contributed by atoms with Crippen LogP contribution in [-0.4, -0.2) is 14.5 Å². The molecule has 0 saturated heterocycles. The highest BCUT2D eigenvalue weighted by Gasteiger charge is 2.21. The monoisotopic (exact) mass is 834 g/mol. The van der Waals surface area contributed by atoms with Crippen LogP contribution >= 0.6 is 0 Å². The predicted octanol–water partition coefficient (Wildman–Crippen LogP) is 16.3. The third-order valence-corrected chi connectivity index (χ3v) is 12.6. The van der Waals surface area contributed by atoms with Gasteiger partial charge >= 0.3 is 0 Å². The van der Waals surface area contributed by atoms with Crippen LogP contribution in [0.2, 0.25) is 0 Å². The van der Waals surface area contributed by atoms with Gasteiger partial charge in [-0.15, -0.1) is 0 Å². The molecule has 310 valence electrons. The smallest absolute Gasteiger partial charge is 0.0709 e. The van der Waals surface area contributed by atoms with Crippen molar-refractivity contribution in [2.75, 3.05) is 4.90 Å². The maximum absolute atomic E-state index is 4.98. The zero-order valence-electron chi connectivity index (χ0n) is 36.7. The molecule has 0 atom stereocenters. The first-order chi connectivity index (χ1) is 32.0. The normalized spacial score (nSPS) is 11.3. The van der Waals surface area contributed by atoms with E-state index in [1.54, 1.807) is 0 Å². The van der Waals surface area contributed by atoms with E-state index in [0.717, 1.165) is 73.1 Å². The van der Waals surface area contributed by atoms with Crippen molar-refractivity contribution in [1.82, 2.24) is 14.5 Å². The number of aryl methyl sites for hydroxylation is 3. The van der Waals surface area contributed by atoms with E-state index in [4.69, 9.17) is 9.97 Å². The summed E-state index contributed by atoms with van der Waals surface area (Å²) in [5.74, 6) is 0. The number of rotatable bonds is 9. The van der Waals surface area contributed by atoms with Gasteiger partial charge in [0.05, 0.1) is 28.1 Å². The molecule has 0 aliphatic rings. The maximum Gasteiger partial charge on any atom is 0.0709 e. The van der Waals surface area contributed by atoms with Crippen LogP contribution in [0.3, 0.4) is 0 Å². The Labute approximate surface area is 380 Å². The first kappa shape index (κ1) is 39.5. The predicted molar refractivity (Wildman–Crippen MR) is 272 cm³/mol. The molecule has 8 aromatic carbocycles. The minimum absolute atomic E-state index is 0.914. The summed E-state index contributed by atoms with van der Waals surface area (Å²) in [4.78, 5) is 12.3. The van der Waals surface area contributed by atoms with Crippen molar-refractivity contribution in [2.45, 2.75) is 20.8 Å². The van der Waals surface area contributed by atoms with Gasteiger partial charge in [-0.05, 0) is 138 Å². The minimum atomic E-state index is 0.914. The van der Waals surface area contributed by atoms with Crippen molar-refractivity contribution in [3.05, 3.63) is 241 Å². The maximum atomic E-state index is 4.98. The van der Waals surface area contributed by atoms with Crippen molar-refractivity contribution < 1.29 is 0 Å². The number of aromatic nitrogens is 3. The molecule has 0 N–H and O–H groups in total. The van der Waals surface area contributed by atoms with Crippen LogP contribution in [0.15, 0.2) is 225 Å². The van der Waals surface area contributed by atoms with Gasteiger partial charge in [-0.1, -0.05) is 146 Å². The van der Waals surface area contributed by atoms with Crippen LogP contribution in [0, 0.1) is 20.8 Å². The highest BCUT2D eigenvalue weighted by molar-refractivity contribution is 6.09. The third kappa shape index (κ3) is 7.45. The molecular formula is C61H46N4. The van der Waals surface area contributed by atoms with Gasteiger partial charge in [0, 0.05) is 51.4 Å². The van der Waals surface area contributed by atoms with Crippen molar-refractivity contribution >= 4 is 38.9 Å². The number of fused-ring (bicyclic) bond motifs is 3. The summed E-state index contributed by atoms with van der Waals surface area (Å²) in [7, 11) is 0.